The van der Waals surface area contributed by atoms with E-state index in [0.717, 1.165) is 31.7 Å². The second-order valence-electron chi connectivity index (χ2n) is 4.15. The Labute approximate surface area is 99.8 Å². The number of benzene rings is 1. The van der Waals surface area contributed by atoms with Gasteiger partial charge < -0.3 is 10.6 Å². The Bertz CT molecular complexity index is 378. The molecule has 1 unspecified atom stereocenters. The molecule has 3 nitrogen and oxygen atoms in total. The van der Waals surface area contributed by atoms with E-state index in [9.17, 15) is 8.78 Å². The van der Waals surface area contributed by atoms with Crippen LogP contribution in [0.3, 0.4) is 0 Å². The van der Waals surface area contributed by atoms with Gasteiger partial charge in [-0.05, 0) is 24.7 Å². The summed E-state index contributed by atoms with van der Waals surface area (Å²) in [4.78, 5) is 2.21. The molecule has 17 heavy (non-hydrogen) atoms. The minimum absolute atomic E-state index is 0.0628. The van der Waals surface area contributed by atoms with Gasteiger partial charge in [-0.1, -0.05) is 6.07 Å². The first-order valence-electron chi connectivity index (χ1n) is 5.79. The highest BCUT2D eigenvalue weighted by Gasteiger charge is 2.21. The molecule has 1 saturated heterocycles. The largest absolute Gasteiger partial charge is 0.314 e. The van der Waals surface area contributed by atoms with Gasteiger partial charge in [-0.2, -0.15) is 0 Å². The molecule has 0 radical (unpaired) electrons. The second kappa shape index (κ2) is 5.53. The molecule has 0 amide bonds. The first kappa shape index (κ1) is 12.4. The van der Waals surface area contributed by atoms with E-state index in [1.807, 2.05) is 7.05 Å². The number of hydrogen-bond acceptors (Lipinski definition) is 3. The molecule has 0 saturated carbocycles. The molecule has 0 bridgehead atoms. The fourth-order valence-electron chi connectivity index (χ4n) is 2.18. The van der Waals surface area contributed by atoms with E-state index < -0.39 is 11.6 Å². The number of hydrogen-bond donors (Lipinski definition) is 2. The minimum atomic E-state index is -0.802. The van der Waals surface area contributed by atoms with Crippen molar-refractivity contribution in [3.63, 3.8) is 0 Å². The van der Waals surface area contributed by atoms with Crippen LogP contribution in [-0.4, -0.2) is 38.1 Å². The lowest BCUT2D eigenvalue weighted by Gasteiger charge is -2.34. The lowest BCUT2D eigenvalue weighted by Crippen LogP contribution is -2.48. The molecular formula is C12H17F2N3. The highest BCUT2D eigenvalue weighted by atomic mass is 19.2. The number of rotatable bonds is 3. The molecule has 1 fully saturated rings. The molecule has 0 spiro atoms. The Hall–Kier alpha value is -1.04. The van der Waals surface area contributed by atoms with Crippen molar-refractivity contribution in [3.8, 4) is 0 Å². The summed E-state index contributed by atoms with van der Waals surface area (Å²) in [5.74, 6) is -1.60. The maximum Gasteiger partial charge on any atom is 0.159 e. The number of piperazine rings is 1. The Kier molecular flexibility index (Phi) is 4.04. The summed E-state index contributed by atoms with van der Waals surface area (Å²) < 4.78 is 26.1. The van der Waals surface area contributed by atoms with E-state index in [1.165, 1.54) is 12.1 Å². The van der Waals surface area contributed by atoms with Gasteiger partial charge in [-0.15, -0.1) is 0 Å². The van der Waals surface area contributed by atoms with Crippen molar-refractivity contribution in [1.82, 2.24) is 15.5 Å². The van der Waals surface area contributed by atoms with Crippen LogP contribution in [0.25, 0.3) is 0 Å². The minimum Gasteiger partial charge on any atom is -0.314 e. The van der Waals surface area contributed by atoms with Crippen molar-refractivity contribution in [2.24, 2.45) is 0 Å². The van der Waals surface area contributed by atoms with Gasteiger partial charge in [-0.25, -0.2) is 8.78 Å². The van der Waals surface area contributed by atoms with Gasteiger partial charge in [0.2, 0.25) is 0 Å². The molecule has 1 heterocycles. The Balaban J connectivity index is 2.18. The molecule has 2 rings (SSSR count). The molecule has 1 atom stereocenters. The molecule has 1 aromatic rings. The average molecular weight is 241 g/mol. The fourth-order valence-corrected chi connectivity index (χ4v) is 2.18. The molecule has 94 valence electrons. The summed E-state index contributed by atoms with van der Waals surface area (Å²) >= 11 is 0. The van der Waals surface area contributed by atoms with Gasteiger partial charge in [0.25, 0.3) is 0 Å². The maximum absolute atomic E-state index is 13.2. The van der Waals surface area contributed by atoms with Crippen molar-refractivity contribution in [2.75, 3.05) is 33.2 Å². The number of halogens is 2. The summed E-state index contributed by atoms with van der Waals surface area (Å²) in [5, 5.41) is 6.41. The van der Waals surface area contributed by atoms with Crippen LogP contribution in [0.4, 0.5) is 8.78 Å². The summed E-state index contributed by atoms with van der Waals surface area (Å²) in [7, 11) is 1.83. The van der Waals surface area contributed by atoms with Crippen molar-refractivity contribution in [2.45, 2.75) is 6.17 Å². The van der Waals surface area contributed by atoms with Crippen LogP contribution in [0.2, 0.25) is 0 Å². The molecular weight excluding hydrogens is 224 g/mol. The Morgan fingerprint density at radius 2 is 1.94 bits per heavy atom. The van der Waals surface area contributed by atoms with Crippen molar-refractivity contribution < 1.29 is 8.78 Å². The van der Waals surface area contributed by atoms with Gasteiger partial charge in [0.1, 0.15) is 0 Å². The van der Waals surface area contributed by atoms with Gasteiger partial charge in [-0.3, -0.25) is 4.90 Å². The zero-order valence-corrected chi connectivity index (χ0v) is 9.84. The summed E-state index contributed by atoms with van der Waals surface area (Å²) in [6.07, 6.45) is -0.0628. The van der Waals surface area contributed by atoms with Crippen LogP contribution in [0.5, 0.6) is 0 Å². The predicted octanol–water partition coefficient (Wildman–Crippen LogP) is 1.09. The van der Waals surface area contributed by atoms with Gasteiger partial charge >= 0.3 is 0 Å². The maximum atomic E-state index is 13.2. The van der Waals surface area contributed by atoms with E-state index in [2.05, 4.69) is 15.5 Å². The highest BCUT2D eigenvalue weighted by molar-refractivity contribution is 5.21. The molecule has 1 aliphatic heterocycles. The van der Waals surface area contributed by atoms with Crippen LogP contribution in [0, 0.1) is 11.6 Å². The van der Waals surface area contributed by atoms with E-state index in [-0.39, 0.29) is 6.17 Å². The molecule has 1 aliphatic rings. The van der Waals surface area contributed by atoms with Crippen LogP contribution in [0.1, 0.15) is 11.7 Å². The monoisotopic (exact) mass is 241 g/mol. The Morgan fingerprint density at radius 1 is 1.24 bits per heavy atom. The summed E-state index contributed by atoms with van der Waals surface area (Å²) in [5.41, 5.74) is 0.758. The molecule has 0 aliphatic carbocycles. The van der Waals surface area contributed by atoms with Crippen LogP contribution in [-0.2, 0) is 0 Å². The van der Waals surface area contributed by atoms with Crippen molar-refractivity contribution >= 4 is 0 Å². The van der Waals surface area contributed by atoms with Crippen LogP contribution >= 0.6 is 0 Å². The first-order chi connectivity index (χ1) is 8.22. The number of nitrogens with one attached hydrogen (secondary N) is 2. The lowest BCUT2D eigenvalue weighted by molar-refractivity contribution is 0.152. The molecule has 0 aromatic heterocycles. The molecule has 1 aromatic carbocycles. The summed E-state index contributed by atoms with van der Waals surface area (Å²) in [6.45, 7) is 3.62. The second-order valence-corrected chi connectivity index (χ2v) is 4.15. The standard InChI is InChI=1S/C12H17F2N3/c1-15-12(17-6-4-16-5-7-17)9-2-3-10(13)11(14)8-9/h2-3,8,12,15-16H,4-7H2,1H3. The third-order valence-electron chi connectivity index (χ3n) is 3.05. The highest BCUT2D eigenvalue weighted by Crippen LogP contribution is 2.20. The zero-order valence-electron chi connectivity index (χ0n) is 9.84. The quantitative estimate of drug-likeness (QED) is 0.829. The third-order valence-corrected chi connectivity index (χ3v) is 3.05. The fraction of sp³-hybridized carbons (Fsp3) is 0.500. The van der Waals surface area contributed by atoms with E-state index in [4.69, 9.17) is 0 Å². The van der Waals surface area contributed by atoms with E-state index in [1.54, 1.807) is 6.07 Å². The molecule has 2 N–H and O–H groups in total. The van der Waals surface area contributed by atoms with Gasteiger partial charge in [0, 0.05) is 26.2 Å². The first-order valence-corrected chi connectivity index (χ1v) is 5.79. The molecule has 5 heteroatoms. The normalized spacial score (nSPS) is 19.2. The predicted molar refractivity (Wildman–Crippen MR) is 62.6 cm³/mol. The van der Waals surface area contributed by atoms with E-state index >= 15 is 0 Å². The van der Waals surface area contributed by atoms with E-state index in [0.29, 0.717) is 0 Å². The summed E-state index contributed by atoms with van der Waals surface area (Å²) in [6, 6.07) is 4.07. The van der Waals surface area contributed by atoms with Crippen LogP contribution in [0.15, 0.2) is 18.2 Å². The smallest absolute Gasteiger partial charge is 0.159 e. The SMILES string of the molecule is CNC(c1ccc(F)c(F)c1)N1CCNCC1. The van der Waals surface area contributed by atoms with Gasteiger partial charge in [0.05, 0.1) is 6.17 Å². The number of nitrogens with zero attached hydrogens (tertiary/aromatic N) is 1. The van der Waals surface area contributed by atoms with Gasteiger partial charge in [0.15, 0.2) is 11.6 Å². The Morgan fingerprint density at radius 3 is 2.53 bits per heavy atom. The van der Waals surface area contributed by atoms with Crippen molar-refractivity contribution in [1.29, 1.82) is 0 Å². The zero-order chi connectivity index (χ0) is 12.3. The van der Waals surface area contributed by atoms with Crippen LogP contribution < -0.4 is 10.6 Å². The average Bonchev–Trinajstić information content (AvgIpc) is 2.36. The topological polar surface area (TPSA) is 27.3 Å². The van der Waals surface area contributed by atoms with Crippen molar-refractivity contribution in [3.05, 3.63) is 35.4 Å². The third kappa shape index (κ3) is 2.80. The lowest BCUT2D eigenvalue weighted by atomic mass is 10.1.